The Balaban J connectivity index is 2.32. The third-order valence-electron chi connectivity index (χ3n) is 3.50. The highest BCUT2D eigenvalue weighted by Gasteiger charge is 2.26. The van der Waals surface area contributed by atoms with Crippen LogP contribution >= 0.6 is 11.6 Å². The first-order valence-corrected chi connectivity index (χ1v) is 7.09. The summed E-state index contributed by atoms with van der Waals surface area (Å²) in [6, 6.07) is 2.72. The number of hydrogen-bond acceptors (Lipinski definition) is 4. The minimum absolute atomic E-state index is 0.00755. The second-order valence-corrected chi connectivity index (χ2v) is 5.09. The van der Waals surface area contributed by atoms with Crippen LogP contribution in [0.5, 0.6) is 0 Å². The third kappa shape index (κ3) is 3.30. The lowest BCUT2D eigenvalue weighted by Gasteiger charge is -2.21. The predicted molar refractivity (Wildman–Crippen MR) is 77.9 cm³/mol. The van der Waals surface area contributed by atoms with Crippen LogP contribution in [-0.4, -0.2) is 35.5 Å². The van der Waals surface area contributed by atoms with Gasteiger partial charge in [-0.15, -0.1) is 11.6 Å². The van der Waals surface area contributed by atoms with E-state index in [4.69, 9.17) is 21.4 Å². The summed E-state index contributed by atoms with van der Waals surface area (Å²) in [7, 11) is 0. The Morgan fingerprint density at radius 1 is 1.45 bits per heavy atom. The Morgan fingerprint density at radius 2 is 2.18 bits per heavy atom. The number of carbonyl (C=O) groups excluding carboxylic acids is 2. The molecule has 0 unspecified atom stereocenters. The van der Waals surface area contributed by atoms with E-state index in [2.05, 4.69) is 10.6 Å². The van der Waals surface area contributed by atoms with Gasteiger partial charge >= 0.3 is 12.1 Å². The van der Waals surface area contributed by atoms with Crippen molar-refractivity contribution in [1.82, 2.24) is 10.6 Å². The second kappa shape index (κ2) is 6.65. The first-order valence-electron chi connectivity index (χ1n) is 6.55. The molecule has 2 amide bonds. The number of nitrogens with one attached hydrogen (secondary N) is 2. The summed E-state index contributed by atoms with van der Waals surface area (Å²) in [4.78, 5) is 33.8. The van der Waals surface area contributed by atoms with Gasteiger partial charge in [-0.3, -0.25) is 4.79 Å². The Hall–Kier alpha value is -2.28. The van der Waals surface area contributed by atoms with Gasteiger partial charge in [0.05, 0.1) is 11.6 Å². The third-order valence-corrected chi connectivity index (χ3v) is 3.74. The maximum atomic E-state index is 11.5. The number of alkyl halides is 1. The van der Waals surface area contributed by atoms with Crippen LogP contribution in [-0.2, 0) is 16.1 Å². The second-order valence-electron chi connectivity index (χ2n) is 4.82. The van der Waals surface area contributed by atoms with Crippen LogP contribution in [0.3, 0.4) is 0 Å². The smallest absolute Gasteiger partial charge is 0.404 e. The van der Waals surface area contributed by atoms with Gasteiger partial charge in [-0.2, -0.15) is 0 Å². The molecule has 1 atom stereocenters. The van der Waals surface area contributed by atoms with Crippen molar-refractivity contribution in [3.63, 3.8) is 0 Å². The average Bonchev–Trinajstić information content (AvgIpc) is 2.86. The van der Waals surface area contributed by atoms with Crippen LogP contribution in [0.15, 0.2) is 12.1 Å². The predicted octanol–water partition coefficient (Wildman–Crippen LogP) is 1.33. The van der Waals surface area contributed by atoms with E-state index in [-0.39, 0.29) is 25.0 Å². The number of esters is 1. The largest absolute Gasteiger partial charge is 0.465 e. The van der Waals surface area contributed by atoms with E-state index in [1.54, 1.807) is 19.1 Å². The fraction of sp³-hybridized carbons (Fsp3) is 0.357. The highest BCUT2D eigenvalue weighted by molar-refractivity contribution is 6.27. The van der Waals surface area contributed by atoms with Crippen molar-refractivity contribution in [1.29, 1.82) is 0 Å². The number of ether oxygens (including phenoxy) is 1. The maximum absolute atomic E-state index is 11.5. The van der Waals surface area contributed by atoms with E-state index in [1.165, 1.54) is 0 Å². The first-order chi connectivity index (χ1) is 10.4. The van der Waals surface area contributed by atoms with Gasteiger partial charge in [0.1, 0.15) is 12.5 Å². The van der Waals surface area contributed by atoms with Gasteiger partial charge in [0, 0.05) is 12.1 Å². The molecule has 0 aliphatic carbocycles. The number of rotatable bonds is 5. The zero-order valence-electron chi connectivity index (χ0n) is 11.8. The molecule has 1 aliphatic heterocycles. The van der Waals surface area contributed by atoms with Crippen molar-refractivity contribution >= 4 is 29.6 Å². The molecule has 118 valence electrons. The fourth-order valence-electron chi connectivity index (χ4n) is 2.41. The quantitative estimate of drug-likeness (QED) is 0.559. The number of fused-ring (bicyclic) bond motifs is 1. The molecular weight excluding hydrogens is 312 g/mol. The minimum atomic E-state index is -1.19. The molecule has 22 heavy (non-hydrogen) atoms. The highest BCUT2D eigenvalue weighted by Crippen LogP contribution is 2.29. The molecule has 0 fully saturated rings. The summed E-state index contributed by atoms with van der Waals surface area (Å²) >= 11 is 5.49. The van der Waals surface area contributed by atoms with E-state index >= 15 is 0 Å². The van der Waals surface area contributed by atoms with Gasteiger partial charge in [0.15, 0.2) is 0 Å². The monoisotopic (exact) mass is 326 g/mol. The molecule has 0 saturated carbocycles. The minimum Gasteiger partial charge on any atom is -0.465 e. The van der Waals surface area contributed by atoms with Crippen LogP contribution in [0.4, 0.5) is 4.79 Å². The van der Waals surface area contributed by atoms with Gasteiger partial charge in [-0.25, -0.2) is 9.59 Å². The van der Waals surface area contributed by atoms with Gasteiger partial charge in [0.2, 0.25) is 5.91 Å². The Kier molecular flexibility index (Phi) is 4.87. The molecule has 0 bridgehead atoms. The summed E-state index contributed by atoms with van der Waals surface area (Å²) in [5.41, 5.74) is 2.75. The number of hydrogen-bond donors (Lipinski definition) is 3. The summed E-state index contributed by atoms with van der Waals surface area (Å²) in [5, 5.41) is 13.6. The van der Waals surface area contributed by atoms with Crippen molar-refractivity contribution in [3.05, 3.63) is 34.4 Å². The van der Waals surface area contributed by atoms with E-state index in [0.29, 0.717) is 11.1 Å². The summed E-state index contributed by atoms with van der Waals surface area (Å²) < 4.78 is 4.98. The molecule has 7 nitrogen and oxygen atoms in total. The molecule has 2 rings (SSSR count). The van der Waals surface area contributed by atoms with Crippen molar-refractivity contribution in [3.8, 4) is 0 Å². The summed E-state index contributed by atoms with van der Waals surface area (Å²) in [6.07, 6.45) is -1.19. The van der Waals surface area contributed by atoms with Crippen molar-refractivity contribution in [2.45, 2.75) is 19.6 Å². The normalized spacial score (nSPS) is 14.0. The zero-order valence-corrected chi connectivity index (χ0v) is 12.6. The molecule has 0 aromatic heterocycles. The number of halogens is 1. The lowest BCUT2D eigenvalue weighted by molar-refractivity contribution is -0.119. The Bertz CT molecular complexity index is 632. The van der Waals surface area contributed by atoms with E-state index in [0.717, 1.165) is 11.1 Å². The molecule has 8 heteroatoms. The molecular formula is C14H15ClN2O5. The topological polar surface area (TPSA) is 105 Å². The SMILES string of the molecule is Cc1c([C@H](CNC(=O)O)NC(=O)CCl)ccc2c1COC2=O. The van der Waals surface area contributed by atoms with Crippen LogP contribution in [0.25, 0.3) is 0 Å². The lowest BCUT2D eigenvalue weighted by atomic mass is 9.94. The van der Waals surface area contributed by atoms with Crippen molar-refractivity contribution in [2.75, 3.05) is 12.4 Å². The van der Waals surface area contributed by atoms with Crippen molar-refractivity contribution in [2.24, 2.45) is 0 Å². The van der Waals surface area contributed by atoms with E-state index in [1.807, 2.05) is 0 Å². The number of benzene rings is 1. The molecule has 0 spiro atoms. The number of cyclic esters (lactones) is 1. The number of amides is 2. The maximum Gasteiger partial charge on any atom is 0.404 e. The lowest BCUT2D eigenvalue weighted by Crippen LogP contribution is -2.38. The Labute approximate surface area is 131 Å². The molecule has 0 saturated heterocycles. The number of carbonyl (C=O) groups is 3. The first kappa shape index (κ1) is 16.1. The van der Waals surface area contributed by atoms with Crippen LogP contribution in [0.1, 0.15) is 33.1 Å². The Morgan fingerprint density at radius 3 is 2.82 bits per heavy atom. The fourth-order valence-corrected chi connectivity index (χ4v) is 2.48. The van der Waals surface area contributed by atoms with E-state index in [9.17, 15) is 14.4 Å². The molecule has 1 aliphatic rings. The van der Waals surface area contributed by atoms with Crippen LogP contribution in [0, 0.1) is 6.92 Å². The van der Waals surface area contributed by atoms with Gasteiger partial charge in [-0.05, 0) is 24.1 Å². The summed E-state index contributed by atoms with van der Waals surface area (Å²) in [6.45, 7) is 1.97. The molecule has 3 N–H and O–H groups in total. The standard InChI is InChI=1S/C14H15ClN2O5/c1-7-8(2-3-9-10(7)6-22-13(9)19)11(5-16-14(20)21)17-12(18)4-15/h2-3,11,16H,4-6H2,1H3,(H,17,18)(H,20,21)/t11-/m0/s1. The average molecular weight is 327 g/mol. The van der Waals surface area contributed by atoms with Gasteiger partial charge in [0.25, 0.3) is 0 Å². The number of carboxylic acid groups (broad SMARTS) is 1. The molecule has 1 heterocycles. The molecule has 1 aromatic rings. The zero-order chi connectivity index (χ0) is 16.3. The van der Waals surface area contributed by atoms with E-state index < -0.39 is 18.0 Å². The van der Waals surface area contributed by atoms with Crippen molar-refractivity contribution < 1.29 is 24.2 Å². The van der Waals surface area contributed by atoms with Crippen LogP contribution in [0.2, 0.25) is 0 Å². The summed E-state index contributed by atoms with van der Waals surface area (Å²) in [5.74, 6) is -1.02. The highest BCUT2D eigenvalue weighted by atomic mass is 35.5. The molecule has 0 radical (unpaired) electrons. The van der Waals surface area contributed by atoms with Crippen LogP contribution < -0.4 is 10.6 Å². The van der Waals surface area contributed by atoms with Gasteiger partial charge in [-0.1, -0.05) is 6.07 Å². The van der Waals surface area contributed by atoms with Gasteiger partial charge < -0.3 is 20.5 Å². The molecule has 1 aromatic carbocycles.